The summed E-state index contributed by atoms with van der Waals surface area (Å²) in [6, 6.07) is 4.85. The molecule has 1 atom stereocenters. The van der Waals surface area contributed by atoms with Gasteiger partial charge >= 0.3 is 0 Å². The van der Waals surface area contributed by atoms with Crippen molar-refractivity contribution < 1.29 is 14.0 Å². The molecule has 0 saturated heterocycles. The number of carbonyl (C=O) groups excluding carboxylic acids is 2. The Hall–Kier alpha value is -1.40. The Labute approximate surface area is 122 Å². The molecule has 0 aromatic carbocycles. The van der Waals surface area contributed by atoms with Crippen LogP contribution < -0.4 is 5.32 Å². The number of furan rings is 1. The molecule has 19 heavy (non-hydrogen) atoms. The monoisotopic (exact) mass is 341 g/mol. The number of hydrogen-bond acceptors (Lipinski definition) is 4. The van der Waals surface area contributed by atoms with Gasteiger partial charge in [-0.15, -0.1) is 11.3 Å². The molecule has 1 amide bonds. The number of hydrogen-bond donors (Lipinski definition) is 1. The smallest absolute Gasteiger partial charge is 0.262 e. The van der Waals surface area contributed by atoms with E-state index in [0.717, 1.165) is 4.47 Å². The molecule has 0 aliphatic carbocycles. The maximum Gasteiger partial charge on any atom is 0.262 e. The number of ketones is 1. The summed E-state index contributed by atoms with van der Waals surface area (Å²) < 4.78 is 5.79. The second-order valence-corrected chi connectivity index (χ2v) is 5.85. The predicted molar refractivity (Wildman–Crippen MR) is 76.6 cm³/mol. The van der Waals surface area contributed by atoms with E-state index in [1.165, 1.54) is 17.6 Å². The first-order valence-corrected chi connectivity index (χ1v) is 7.35. The van der Waals surface area contributed by atoms with Gasteiger partial charge in [0.1, 0.15) is 4.88 Å². The zero-order chi connectivity index (χ0) is 13.8. The Balaban J connectivity index is 1.91. The summed E-state index contributed by atoms with van der Waals surface area (Å²) in [6.07, 6.45) is 1.67. The van der Waals surface area contributed by atoms with E-state index in [1.54, 1.807) is 19.1 Å². The Morgan fingerprint density at radius 1 is 1.47 bits per heavy atom. The molecule has 2 aromatic heterocycles. The Morgan fingerprint density at radius 3 is 2.84 bits per heavy atom. The number of amides is 1. The van der Waals surface area contributed by atoms with E-state index in [2.05, 4.69) is 21.2 Å². The van der Waals surface area contributed by atoms with E-state index in [-0.39, 0.29) is 24.2 Å². The summed E-state index contributed by atoms with van der Waals surface area (Å²) in [6.45, 7) is 1.79. The third kappa shape index (κ3) is 3.54. The molecule has 0 saturated carbocycles. The number of thiophene rings is 1. The first kappa shape index (κ1) is 14.0. The Morgan fingerprint density at radius 2 is 2.26 bits per heavy atom. The van der Waals surface area contributed by atoms with Crippen LogP contribution in [-0.4, -0.2) is 17.7 Å². The molecule has 0 spiro atoms. The summed E-state index contributed by atoms with van der Waals surface area (Å²) in [7, 11) is 0. The van der Waals surface area contributed by atoms with E-state index < -0.39 is 0 Å². The normalized spacial score (nSPS) is 12.1. The van der Waals surface area contributed by atoms with E-state index in [1.807, 2.05) is 11.4 Å². The van der Waals surface area contributed by atoms with Gasteiger partial charge in [0.25, 0.3) is 5.91 Å². The van der Waals surface area contributed by atoms with Gasteiger partial charge in [0.05, 0.1) is 6.26 Å². The molecule has 2 heterocycles. The van der Waals surface area contributed by atoms with Crippen molar-refractivity contribution in [3.05, 3.63) is 45.0 Å². The predicted octanol–water partition coefficient (Wildman–Crippen LogP) is 3.49. The number of halogens is 1. The number of Topliss-reactive ketones (excluding diaryl/α,β-unsaturated/α-hetero) is 1. The lowest BCUT2D eigenvalue weighted by Gasteiger charge is -2.11. The molecule has 0 fully saturated rings. The van der Waals surface area contributed by atoms with Crippen molar-refractivity contribution in [2.45, 2.75) is 19.4 Å². The van der Waals surface area contributed by atoms with Crippen LogP contribution in [0.1, 0.15) is 33.6 Å². The van der Waals surface area contributed by atoms with Gasteiger partial charge < -0.3 is 9.73 Å². The summed E-state index contributed by atoms with van der Waals surface area (Å²) >= 11 is 4.66. The summed E-state index contributed by atoms with van der Waals surface area (Å²) in [5.41, 5.74) is 0. The zero-order valence-electron chi connectivity index (χ0n) is 10.2. The second-order valence-electron chi connectivity index (χ2n) is 4.08. The number of nitrogens with one attached hydrogen (secondary N) is 1. The lowest BCUT2D eigenvalue weighted by Crippen LogP contribution is -2.33. The van der Waals surface area contributed by atoms with Gasteiger partial charge in [0.2, 0.25) is 0 Å². The average Bonchev–Trinajstić information content (AvgIpc) is 2.98. The average molecular weight is 342 g/mol. The molecule has 4 nitrogen and oxygen atoms in total. The minimum Gasteiger partial charge on any atom is -0.461 e. The van der Waals surface area contributed by atoms with Crippen molar-refractivity contribution in [2.24, 2.45) is 0 Å². The standard InChI is InChI=1S/C13H12BrNO3S/c1-8(7-10(16)11-3-2-5-18-11)15-13(17)12-9(14)4-6-19-12/h2-6,8H,7H2,1H3,(H,15,17)/t8-/m0/s1. The molecule has 0 bridgehead atoms. The quantitative estimate of drug-likeness (QED) is 0.846. The first-order valence-electron chi connectivity index (χ1n) is 5.68. The zero-order valence-corrected chi connectivity index (χ0v) is 12.6. The van der Waals surface area contributed by atoms with Gasteiger partial charge in [-0.3, -0.25) is 9.59 Å². The third-order valence-corrected chi connectivity index (χ3v) is 4.32. The van der Waals surface area contributed by atoms with Crippen LogP contribution in [0.3, 0.4) is 0 Å². The van der Waals surface area contributed by atoms with Crippen molar-refractivity contribution >= 4 is 39.0 Å². The molecule has 0 aliphatic heterocycles. The van der Waals surface area contributed by atoms with Crippen LogP contribution in [0.25, 0.3) is 0 Å². The van der Waals surface area contributed by atoms with E-state index in [4.69, 9.17) is 4.42 Å². The fraction of sp³-hybridized carbons (Fsp3) is 0.231. The van der Waals surface area contributed by atoms with Crippen LogP contribution in [0, 0.1) is 0 Å². The first-order chi connectivity index (χ1) is 9.08. The van der Waals surface area contributed by atoms with Gasteiger partial charge in [-0.05, 0) is 46.4 Å². The van der Waals surface area contributed by atoms with Crippen molar-refractivity contribution in [1.29, 1.82) is 0 Å². The van der Waals surface area contributed by atoms with Crippen LogP contribution in [0.2, 0.25) is 0 Å². The van der Waals surface area contributed by atoms with Crippen LogP contribution >= 0.6 is 27.3 Å². The van der Waals surface area contributed by atoms with Gasteiger partial charge in [-0.25, -0.2) is 0 Å². The van der Waals surface area contributed by atoms with Crippen LogP contribution in [0.15, 0.2) is 38.7 Å². The van der Waals surface area contributed by atoms with E-state index in [0.29, 0.717) is 10.6 Å². The SMILES string of the molecule is C[C@@H](CC(=O)c1ccco1)NC(=O)c1sccc1Br. The van der Waals surface area contributed by atoms with Crippen LogP contribution in [-0.2, 0) is 0 Å². The minimum atomic E-state index is -0.251. The number of rotatable bonds is 5. The third-order valence-electron chi connectivity index (χ3n) is 2.49. The highest BCUT2D eigenvalue weighted by atomic mass is 79.9. The largest absolute Gasteiger partial charge is 0.461 e. The second kappa shape index (κ2) is 6.16. The maximum absolute atomic E-state index is 11.9. The molecule has 2 aromatic rings. The van der Waals surface area contributed by atoms with Gasteiger partial charge in [-0.2, -0.15) is 0 Å². The van der Waals surface area contributed by atoms with Gasteiger partial charge in [0, 0.05) is 16.9 Å². The molecular formula is C13H12BrNO3S. The van der Waals surface area contributed by atoms with Gasteiger partial charge in [-0.1, -0.05) is 0 Å². The van der Waals surface area contributed by atoms with Crippen LogP contribution in [0.4, 0.5) is 0 Å². The van der Waals surface area contributed by atoms with Crippen molar-refractivity contribution in [1.82, 2.24) is 5.32 Å². The van der Waals surface area contributed by atoms with Crippen molar-refractivity contribution in [3.63, 3.8) is 0 Å². The summed E-state index contributed by atoms with van der Waals surface area (Å²) in [5.74, 6) is 0.0167. The molecule has 0 aliphatic rings. The van der Waals surface area contributed by atoms with E-state index in [9.17, 15) is 9.59 Å². The maximum atomic E-state index is 11.9. The lowest BCUT2D eigenvalue weighted by atomic mass is 10.1. The minimum absolute atomic E-state index is 0.122. The molecular weight excluding hydrogens is 330 g/mol. The summed E-state index contributed by atoms with van der Waals surface area (Å²) in [5, 5.41) is 4.63. The molecule has 1 N–H and O–H groups in total. The molecule has 2 rings (SSSR count). The molecule has 0 radical (unpaired) electrons. The molecule has 0 unspecified atom stereocenters. The summed E-state index contributed by atoms with van der Waals surface area (Å²) in [4.78, 5) is 24.3. The van der Waals surface area contributed by atoms with Crippen molar-refractivity contribution in [2.75, 3.05) is 0 Å². The fourth-order valence-electron chi connectivity index (χ4n) is 1.61. The molecule has 100 valence electrons. The highest BCUT2D eigenvalue weighted by Crippen LogP contribution is 2.22. The highest BCUT2D eigenvalue weighted by Gasteiger charge is 2.18. The topological polar surface area (TPSA) is 59.3 Å². The fourth-order valence-corrected chi connectivity index (χ4v) is 3.07. The highest BCUT2D eigenvalue weighted by molar-refractivity contribution is 9.10. The van der Waals surface area contributed by atoms with Crippen molar-refractivity contribution in [3.8, 4) is 0 Å². The van der Waals surface area contributed by atoms with E-state index >= 15 is 0 Å². The lowest BCUT2D eigenvalue weighted by molar-refractivity contribution is 0.0909. The number of carbonyl (C=O) groups is 2. The van der Waals surface area contributed by atoms with Gasteiger partial charge in [0.15, 0.2) is 11.5 Å². The molecule has 6 heteroatoms. The Bertz CT molecular complexity index is 576. The van der Waals surface area contributed by atoms with Crippen LogP contribution in [0.5, 0.6) is 0 Å². The Kier molecular flexibility index (Phi) is 4.55.